The molecule has 1 heterocycles. The average molecular weight is 345 g/mol. The minimum absolute atomic E-state index is 0.00720. The van der Waals surface area contributed by atoms with E-state index in [1.165, 1.54) is 12.8 Å². The maximum atomic E-state index is 12.8. The highest BCUT2D eigenvalue weighted by atomic mass is 16.5. The van der Waals surface area contributed by atoms with Gasteiger partial charge >= 0.3 is 0 Å². The van der Waals surface area contributed by atoms with Gasteiger partial charge in [-0.2, -0.15) is 0 Å². The Hall–Kier alpha value is -1.43. The maximum Gasteiger partial charge on any atom is 0.253 e. The van der Waals surface area contributed by atoms with Crippen LogP contribution in [0.5, 0.6) is 0 Å². The molecule has 25 heavy (non-hydrogen) atoms. The van der Waals surface area contributed by atoms with E-state index in [4.69, 9.17) is 4.74 Å². The van der Waals surface area contributed by atoms with E-state index in [9.17, 15) is 4.79 Å². The van der Waals surface area contributed by atoms with Gasteiger partial charge in [0, 0.05) is 39.3 Å². The molecule has 2 aliphatic rings. The van der Waals surface area contributed by atoms with Crippen LogP contribution < -0.4 is 5.32 Å². The first-order valence-electron chi connectivity index (χ1n) is 9.61. The Morgan fingerprint density at radius 3 is 2.52 bits per heavy atom. The number of nitrogens with one attached hydrogen (secondary N) is 1. The zero-order valence-corrected chi connectivity index (χ0v) is 15.3. The van der Waals surface area contributed by atoms with Gasteiger partial charge < -0.3 is 15.0 Å². The second kappa shape index (κ2) is 9.32. The summed E-state index contributed by atoms with van der Waals surface area (Å²) < 4.78 is 6.18. The fourth-order valence-corrected chi connectivity index (χ4v) is 3.64. The van der Waals surface area contributed by atoms with Crippen molar-refractivity contribution in [3.05, 3.63) is 35.9 Å². The summed E-state index contributed by atoms with van der Waals surface area (Å²) in [5.41, 5.74) is 0.950. The molecule has 5 heteroatoms. The van der Waals surface area contributed by atoms with Gasteiger partial charge in [0.05, 0.1) is 6.10 Å². The molecule has 3 rings (SSSR count). The largest absolute Gasteiger partial charge is 0.360 e. The molecule has 0 unspecified atom stereocenters. The molecular weight excluding hydrogens is 314 g/mol. The number of piperazine rings is 1. The number of nitrogens with zero attached hydrogens (tertiary/aromatic N) is 2. The number of amides is 1. The van der Waals surface area contributed by atoms with Crippen LogP contribution in [0.3, 0.4) is 0 Å². The monoisotopic (exact) mass is 345 g/mol. The van der Waals surface area contributed by atoms with E-state index in [0.717, 1.165) is 51.1 Å². The summed E-state index contributed by atoms with van der Waals surface area (Å²) in [5, 5.41) is 3.09. The van der Waals surface area contributed by atoms with Crippen LogP contribution in [0.15, 0.2) is 30.3 Å². The number of ether oxygens (including phenoxy) is 1. The number of carbonyl (C=O) groups is 1. The van der Waals surface area contributed by atoms with Crippen LogP contribution in [0, 0.1) is 0 Å². The summed E-state index contributed by atoms with van der Waals surface area (Å²) in [7, 11) is 2.16. The van der Waals surface area contributed by atoms with Crippen LogP contribution in [0.4, 0.5) is 0 Å². The first kappa shape index (κ1) is 18.4. The van der Waals surface area contributed by atoms with Crippen molar-refractivity contribution in [3.8, 4) is 0 Å². The summed E-state index contributed by atoms with van der Waals surface area (Å²) in [4.78, 5) is 17.5. The molecule has 1 aliphatic heterocycles. The second-order valence-electron chi connectivity index (χ2n) is 7.27. The molecule has 5 nitrogen and oxygen atoms in total. The van der Waals surface area contributed by atoms with E-state index in [1.54, 1.807) is 0 Å². The van der Waals surface area contributed by atoms with Gasteiger partial charge in [-0.1, -0.05) is 43.2 Å². The van der Waals surface area contributed by atoms with Gasteiger partial charge in [0.2, 0.25) is 0 Å². The molecule has 1 atom stereocenters. The predicted octanol–water partition coefficient (Wildman–Crippen LogP) is 2.05. The third-order valence-electron chi connectivity index (χ3n) is 5.29. The van der Waals surface area contributed by atoms with Crippen LogP contribution in [0.1, 0.15) is 37.4 Å². The van der Waals surface area contributed by atoms with Crippen molar-refractivity contribution in [1.82, 2.24) is 15.1 Å². The summed E-state index contributed by atoms with van der Waals surface area (Å²) >= 11 is 0. The number of benzene rings is 1. The molecule has 1 saturated heterocycles. The van der Waals surface area contributed by atoms with Crippen molar-refractivity contribution < 1.29 is 9.53 Å². The van der Waals surface area contributed by atoms with Gasteiger partial charge in [0.15, 0.2) is 6.10 Å². The van der Waals surface area contributed by atoms with E-state index in [-0.39, 0.29) is 12.0 Å². The van der Waals surface area contributed by atoms with E-state index < -0.39 is 6.10 Å². The van der Waals surface area contributed by atoms with Crippen LogP contribution in [-0.2, 0) is 9.53 Å². The van der Waals surface area contributed by atoms with Crippen LogP contribution in [0.25, 0.3) is 0 Å². The molecule has 1 N–H and O–H groups in total. The topological polar surface area (TPSA) is 44.8 Å². The highest BCUT2D eigenvalue weighted by molar-refractivity contribution is 5.82. The smallest absolute Gasteiger partial charge is 0.253 e. The van der Waals surface area contributed by atoms with Gasteiger partial charge in [-0.05, 0) is 25.5 Å². The van der Waals surface area contributed by atoms with Crippen molar-refractivity contribution >= 4 is 5.91 Å². The summed E-state index contributed by atoms with van der Waals surface area (Å²) in [5.74, 6) is -0.00720. The Morgan fingerprint density at radius 1 is 1.16 bits per heavy atom. The van der Waals surface area contributed by atoms with Gasteiger partial charge in [-0.3, -0.25) is 9.69 Å². The highest BCUT2D eigenvalue weighted by Crippen LogP contribution is 2.28. The Morgan fingerprint density at radius 2 is 1.84 bits per heavy atom. The molecule has 138 valence electrons. The second-order valence-corrected chi connectivity index (χ2v) is 7.27. The maximum absolute atomic E-state index is 12.8. The Balaban J connectivity index is 1.51. The summed E-state index contributed by atoms with van der Waals surface area (Å²) in [6.45, 7) is 5.95. The highest BCUT2D eigenvalue weighted by Gasteiger charge is 2.27. The molecule has 0 spiro atoms. The number of rotatable bonds is 7. The molecule has 1 aromatic rings. The van der Waals surface area contributed by atoms with Crippen molar-refractivity contribution in [2.75, 3.05) is 46.3 Å². The van der Waals surface area contributed by atoms with Crippen LogP contribution >= 0.6 is 0 Å². The molecule has 0 radical (unpaired) electrons. The van der Waals surface area contributed by atoms with E-state index >= 15 is 0 Å². The summed E-state index contributed by atoms with van der Waals surface area (Å²) in [6, 6.07) is 9.89. The van der Waals surface area contributed by atoms with E-state index in [2.05, 4.69) is 22.2 Å². The lowest BCUT2D eigenvalue weighted by Crippen LogP contribution is -2.47. The van der Waals surface area contributed by atoms with Gasteiger partial charge in [-0.15, -0.1) is 0 Å². The average Bonchev–Trinajstić information content (AvgIpc) is 3.15. The lowest BCUT2D eigenvalue weighted by atomic mass is 10.1. The zero-order chi connectivity index (χ0) is 17.5. The fourth-order valence-electron chi connectivity index (χ4n) is 3.64. The third kappa shape index (κ3) is 5.53. The molecule has 1 aliphatic carbocycles. The van der Waals surface area contributed by atoms with Crippen LogP contribution in [0.2, 0.25) is 0 Å². The van der Waals surface area contributed by atoms with E-state index in [0.29, 0.717) is 6.54 Å². The lowest BCUT2D eigenvalue weighted by Gasteiger charge is -2.32. The van der Waals surface area contributed by atoms with Gasteiger partial charge in [0.1, 0.15) is 0 Å². The lowest BCUT2D eigenvalue weighted by molar-refractivity contribution is -0.137. The number of hydrogen-bond donors (Lipinski definition) is 1. The molecule has 1 aromatic carbocycles. The standard InChI is InChI=1S/C20H31N3O2/c1-22-13-15-23(16-14-22)12-11-21-20(24)19(17-7-3-2-4-8-17)25-18-9-5-6-10-18/h2-4,7-8,18-19H,5-6,9-16H2,1H3,(H,21,24)/t19-/m0/s1. The molecule has 0 aromatic heterocycles. The Kier molecular flexibility index (Phi) is 6.84. The van der Waals surface area contributed by atoms with Crippen LogP contribution in [-0.4, -0.2) is 68.1 Å². The summed E-state index contributed by atoms with van der Waals surface area (Å²) in [6.07, 6.45) is 4.27. The quantitative estimate of drug-likeness (QED) is 0.821. The molecule has 0 bridgehead atoms. The number of hydrogen-bond acceptors (Lipinski definition) is 4. The van der Waals surface area contributed by atoms with E-state index in [1.807, 2.05) is 30.3 Å². The number of carbonyl (C=O) groups excluding carboxylic acids is 1. The first-order valence-corrected chi connectivity index (χ1v) is 9.61. The zero-order valence-electron chi connectivity index (χ0n) is 15.3. The first-order chi connectivity index (χ1) is 12.2. The molecule has 2 fully saturated rings. The van der Waals surface area contributed by atoms with Gasteiger partial charge in [-0.25, -0.2) is 0 Å². The molecule has 1 amide bonds. The minimum atomic E-state index is -0.489. The Bertz CT molecular complexity index is 523. The third-order valence-corrected chi connectivity index (χ3v) is 5.29. The molecule has 1 saturated carbocycles. The SMILES string of the molecule is CN1CCN(CCNC(=O)[C@@H](OC2CCCC2)c2ccccc2)CC1. The van der Waals surface area contributed by atoms with Crippen molar-refractivity contribution in [2.45, 2.75) is 37.9 Å². The van der Waals surface area contributed by atoms with Crippen molar-refractivity contribution in [1.29, 1.82) is 0 Å². The van der Waals surface area contributed by atoms with Crippen molar-refractivity contribution in [2.24, 2.45) is 0 Å². The molecular formula is C20H31N3O2. The van der Waals surface area contributed by atoms with Crippen molar-refractivity contribution in [3.63, 3.8) is 0 Å². The fraction of sp³-hybridized carbons (Fsp3) is 0.650. The number of likely N-dealkylation sites (N-methyl/N-ethyl adjacent to an activating group) is 1. The predicted molar refractivity (Wildman–Crippen MR) is 99.5 cm³/mol. The minimum Gasteiger partial charge on any atom is -0.360 e. The Labute approximate surface area is 151 Å². The van der Waals surface area contributed by atoms with Gasteiger partial charge in [0.25, 0.3) is 5.91 Å². The normalized spacial score (nSPS) is 21.3.